The second-order valence-corrected chi connectivity index (χ2v) is 20.9. The van der Waals surface area contributed by atoms with Gasteiger partial charge in [0, 0.05) is 48.8 Å². The molecule has 0 spiro atoms. The number of rotatable bonds is 6. The number of nitrogens with zero attached hydrogens (tertiary/aromatic N) is 3. The van der Waals surface area contributed by atoms with Crippen molar-refractivity contribution in [1.82, 2.24) is 14.5 Å². The number of aromatic nitrogens is 3. The van der Waals surface area contributed by atoms with E-state index in [9.17, 15) is 0 Å². The summed E-state index contributed by atoms with van der Waals surface area (Å²) in [5.74, 6) is 1.57. The van der Waals surface area contributed by atoms with Crippen molar-refractivity contribution in [2.75, 3.05) is 0 Å². The Morgan fingerprint density at radius 1 is 0.811 bits per heavy atom. The molecule has 267 valence electrons. The number of fused-ring (bicyclic) bond motifs is 5. The van der Waals surface area contributed by atoms with Gasteiger partial charge in [-0.15, -0.1) is 47.3 Å². The molecule has 4 aromatic heterocycles. The summed E-state index contributed by atoms with van der Waals surface area (Å²) in [6, 6.07) is 43.0. The summed E-state index contributed by atoms with van der Waals surface area (Å²) in [6.45, 7) is 13.9. The Bertz CT molecular complexity index is 2700. The minimum absolute atomic E-state index is 0. The molecule has 1 radical (unpaired) electrons. The van der Waals surface area contributed by atoms with Crippen LogP contribution in [0.4, 0.5) is 0 Å². The van der Waals surface area contributed by atoms with Gasteiger partial charge in [0.05, 0.1) is 24.9 Å². The van der Waals surface area contributed by atoms with Gasteiger partial charge < -0.3 is 14.0 Å². The van der Waals surface area contributed by atoms with Crippen LogP contribution in [0.2, 0.25) is 19.6 Å². The van der Waals surface area contributed by atoms with Crippen molar-refractivity contribution < 1.29 is 24.5 Å². The molecule has 0 saturated carbocycles. The Labute approximate surface area is 329 Å². The molecule has 0 atom stereocenters. The number of hydrogen-bond donors (Lipinski definition) is 0. The van der Waals surface area contributed by atoms with Gasteiger partial charge in [-0.25, -0.2) is 0 Å². The predicted molar refractivity (Wildman–Crippen MR) is 223 cm³/mol. The third-order valence-electron chi connectivity index (χ3n) is 9.48. The number of thiophene rings is 1. The molecule has 0 bridgehead atoms. The van der Waals surface area contributed by atoms with E-state index in [4.69, 9.17) is 9.40 Å². The van der Waals surface area contributed by atoms with Crippen molar-refractivity contribution in [3.8, 4) is 28.3 Å². The van der Waals surface area contributed by atoms with E-state index in [1.54, 1.807) is 11.3 Å². The molecule has 0 fully saturated rings. The summed E-state index contributed by atoms with van der Waals surface area (Å²) < 4.78 is 9.62. The van der Waals surface area contributed by atoms with E-state index in [2.05, 4.69) is 140 Å². The zero-order valence-corrected chi connectivity index (χ0v) is 35.0. The predicted octanol–water partition coefficient (Wildman–Crippen LogP) is 12.2. The molecule has 4 heterocycles. The summed E-state index contributed by atoms with van der Waals surface area (Å²) >= 11 is 1.64. The number of imidazole rings is 1. The number of benzene rings is 5. The molecule has 0 saturated heterocycles. The second-order valence-electron chi connectivity index (χ2n) is 15.0. The number of hydrogen-bond acceptors (Lipinski definition) is 4. The summed E-state index contributed by atoms with van der Waals surface area (Å²) in [7, 11) is -1.34. The van der Waals surface area contributed by atoms with Gasteiger partial charge in [-0.3, -0.25) is 16.3 Å². The second kappa shape index (κ2) is 15.0. The first-order valence-electron chi connectivity index (χ1n) is 17.9. The van der Waals surface area contributed by atoms with E-state index < -0.39 is 8.07 Å². The molecule has 0 unspecified atom stereocenters. The first-order valence-corrected chi connectivity index (χ1v) is 22.2. The minimum Gasteiger partial charge on any atom is -0.456 e. The van der Waals surface area contributed by atoms with E-state index in [0.29, 0.717) is 5.92 Å². The first-order chi connectivity index (χ1) is 25.1. The largest absolute Gasteiger partial charge is 0.456 e. The van der Waals surface area contributed by atoms with Gasteiger partial charge in [-0.05, 0) is 60.5 Å². The fourth-order valence-electron chi connectivity index (χ4n) is 7.05. The molecule has 53 heavy (non-hydrogen) atoms. The molecular weight excluding hydrogens is 863 g/mol. The van der Waals surface area contributed by atoms with Crippen molar-refractivity contribution in [1.29, 1.82) is 0 Å². The van der Waals surface area contributed by atoms with Gasteiger partial charge >= 0.3 is 0 Å². The van der Waals surface area contributed by atoms with Crippen molar-refractivity contribution in [2.45, 2.75) is 46.8 Å². The van der Waals surface area contributed by atoms with Gasteiger partial charge in [0.15, 0.2) is 0 Å². The maximum absolute atomic E-state index is 6.18. The molecule has 0 aliphatic carbocycles. The molecule has 5 aromatic carbocycles. The normalized spacial score (nSPS) is 11.7. The maximum Gasteiger partial charge on any atom is 0.137 e. The van der Waals surface area contributed by atoms with Crippen LogP contribution in [0.3, 0.4) is 0 Å². The van der Waals surface area contributed by atoms with Crippen LogP contribution in [0.5, 0.6) is 0 Å². The van der Waals surface area contributed by atoms with E-state index in [-0.39, 0.29) is 20.1 Å². The van der Waals surface area contributed by atoms with E-state index >= 15 is 0 Å². The standard InChI is InChI=1S/C28H17N2OS.C18H24NSi.Ir/c1-17-10-13-27-21(14-17)22(16-32-27)28-29-23-7-3-4-8-24(23)30(28)18-11-12-20-19-6-2-5-9-25(19)31-26(20)15-18;1-14(2)11-16-12-17(15-9-7-6-8-10-15)19-13-18(16)20(3,4)5;/h2-15H,1H3;6-9,12-14H,11H2,1-5H3;/q2*-1;. The molecule has 4 nitrogen and oxygen atoms in total. The Morgan fingerprint density at radius 3 is 2.38 bits per heavy atom. The molecule has 7 heteroatoms. The van der Waals surface area contributed by atoms with Gasteiger partial charge in [0.25, 0.3) is 0 Å². The molecule has 0 aliphatic rings. The molecule has 0 N–H and O–H groups in total. The smallest absolute Gasteiger partial charge is 0.137 e. The summed E-state index contributed by atoms with van der Waals surface area (Å²) in [6.07, 6.45) is 3.24. The Balaban J connectivity index is 0.000000180. The van der Waals surface area contributed by atoms with E-state index in [0.717, 1.165) is 67.7 Å². The Kier molecular flexibility index (Phi) is 10.4. The van der Waals surface area contributed by atoms with Gasteiger partial charge in [-0.1, -0.05) is 109 Å². The summed E-state index contributed by atoms with van der Waals surface area (Å²) in [5.41, 5.74) is 10.7. The minimum atomic E-state index is -1.34. The Hall–Kier alpha value is -4.65. The third-order valence-corrected chi connectivity index (χ3v) is 12.4. The zero-order chi connectivity index (χ0) is 36.0. The van der Waals surface area contributed by atoms with Crippen molar-refractivity contribution >= 4 is 67.7 Å². The quantitative estimate of drug-likeness (QED) is 0.123. The van der Waals surface area contributed by atoms with Crippen LogP contribution in [0.25, 0.3) is 71.4 Å². The maximum atomic E-state index is 6.18. The van der Waals surface area contributed by atoms with Crippen molar-refractivity contribution in [3.63, 3.8) is 0 Å². The first kappa shape index (κ1) is 36.7. The summed E-state index contributed by atoms with van der Waals surface area (Å²) in [5, 5.41) is 8.46. The van der Waals surface area contributed by atoms with Crippen LogP contribution < -0.4 is 5.19 Å². The van der Waals surface area contributed by atoms with Gasteiger partial charge in [0.2, 0.25) is 0 Å². The number of furan rings is 1. The third kappa shape index (κ3) is 7.32. The van der Waals surface area contributed by atoms with Crippen LogP contribution >= 0.6 is 11.3 Å². The van der Waals surface area contributed by atoms with Gasteiger partial charge in [0.1, 0.15) is 11.2 Å². The fourth-order valence-corrected chi connectivity index (χ4v) is 9.45. The van der Waals surface area contributed by atoms with E-state index in [1.807, 2.05) is 42.5 Å². The van der Waals surface area contributed by atoms with Crippen molar-refractivity contribution in [3.05, 3.63) is 144 Å². The SMILES string of the molecule is CC(C)Cc1cc(-c2[c-]cccc2)ncc1[Si](C)(C)C.Cc1ccc2s[c-]c(-c3nc4ccccc4n3-c3ccc4c(c3)oc3ccccc34)c2c1.[Ir]. The summed E-state index contributed by atoms with van der Waals surface area (Å²) in [4.78, 5) is 9.73. The average Bonchev–Trinajstić information content (AvgIpc) is 3.84. The monoisotopic (exact) mass is 904 g/mol. The van der Waals surface area contributed by atoms with Crippen LogP contribution in [0.1, 0.15) is 25.0 Å². The van der Waals surface area contributed by atoms with Crippen molar-refractivity contribution in [2.24, 2.45) is 5.92 Å². The van der Waals surface area contributed by atoms with Crippen LogP contribution in [-0.2, 0) is 26.5 Å². The average molecular weight is 904 g/mol. The molecule has 9 rings (SSSR count). The fraction of sp³-hybridized carbons (Fsp3) is 0.174. The number of para-hydroxylation sites is 3. The molecule has 0 aliphatic heterocycles. The topological polar surface area (TPSA) is 43.9 Å². The number of pyridine rings is 1. The van der Waals surface area contributed by atoms with Crippen LogP contribution in [-0.4, -0.2) is 22.6 Å². The number of aryl methyl sites for hydroxylation is 1. The van der Waals surface area contributed by atoms with Crippen LogP contribution in [0.15, 0.2) is 126 Å². The van der Waals surface area contributed by atoms with Crippen LogP contribution in [0, 0.1) is 24.3 Å². The van der Waals surface area contributed by atoms with Gasteiger partial charge in [-0.2, -0.15) is 0 Å². The molecular formula is C46H41IrN3OSSi-2. The molecule has 9 aromatic rings. The Morgan fingerprint density at radius 2 is 1.58 bits per heavy atom. The van der Waals surface area contributed by atoms with E-state index in [1.165, 1.54) is 26.4 Å². The molecule has 0 amide bonds. The zero-order valence-electron chi connectivity index (χ0n) is 30.8.